The highest BCUT2D eigenvalue weighted by molar-refractivity contribution is 7.11. The maximum absolute atomic E-state index is 4.54. The molecule has 4 nitrogen and oxygen atoms in total. The predicted octanol–water partition coefficient (Wildman–Crippen LogP) is 2.78. The summed E-state index contributed by atoms with van der Waals surface area (Å²) in [4.78, 5) is 5.90. The van der Waals surface area contributed by atoms with Crippen LogP contribution in [-0.4, -0.2) is 21.3 Å². The van der Waals surface area contributed by atoms with Crippen LogP contribution in [0.3, 0.4) is 0 Å². The third-order valence-corrected chi connectivity index (χ3v) is 4.28. The molecule has 0 bridgehead atoms. The molecule has 0 saturated carbocycles. The zero-order valence-corrected chi connectivity index (χ0v) is 12.9. The van der Waals surface area contributed by atoms with E-state index in [1.165, 1.54) is 10.4 Å². The quantitative estimate of drug-likeness (QED) is 0.883. The zero-order valence-electron chi connectivity index (χ0n) is 12.1. The Morgan fingerprint density at radius 3 is 2.74 bits per heavy atom. The van der Waals surface area contributed by atoms with Gasteiger partial charge in [-0.3, -0.25) is 4.68 Å². The van der Waals surface area contributed by atoms with Gasteiger partial charge in [0, 0.05) is 24.2 Å². The number of hydrogen-bond donors (Lipinski definition) is 1. The van der Waals surface area contributed by atoms with Gasteiger partial charge in [0.1, 0.15) is 0 Å². The van der Waals surface area contributed by atoms with Gasteiger partial charge in [0.2, 0.25) is 0 Å². The van der Waals surface area contributed by atoms with Crippen LogP contribution in [0.2, 0.25) is 0 Å². The first kappa shape index (κ1) is 14.2. The summed E-state index contributed by atoms with van der Waals surface area (Å²) in [7, 11) is 1.96. The Kier molecular flexibility index (Phi) is 4.71. The topological polar surface area (TPSA) is 42.7 Å². The van der Waals surface area contributed by atoms with Crippen molar-refractivity contribution in [1.29, 1.82) is 0 Å². The van der Waals surface area contributed by atoms with Crippen LogP contribution in [0.1, 0.15) is 40.5 Å². The molecule has 5 heteroatoms. The van der Waals surface area contributed by atoms with Crippen molar-refractivity contribution in [2.45, 2.75) is 39.7 Å². The molecule has 1 N–H and O–H groups in total. The lowest BCUT2D eigenvalue weighted by Crippen LogP contribution is -2.23. The van der Waals surface area contributed by atoms with Gasteiger partial charge < -0.3 is 5.32 Å². The van der Waals surface area contributed by atoms with Crippen molar-refractivity contribution in [3.05, 3.63) is 33.5 Å². The highest BCUT2D eigenvalue weighted by Gasteiger charge is 2.18. The Balaban J connectivity index is 2.18. The summed E-state index contributed by atoms with van der Waals surface area (Å²) in [5.74, 6) is 0. The zero-order chi connectivity index (χ0) is 13.8. The molecule has 104 valence electrons. The fourth-order valence-corrected chi connectivity index (χ4v) is 3.26. The summed E-state index contributed by atoms with van der Waals surface area (Å²) < 4.78 is 1.86. The van der Waals surface area contributed by atoms with E-state index in [1.807, 2.05) is 17.9 Å². The Morgan fingerprint density at radius 2 is 2.21 bits per heavy atom. The molecule has 0 aromatic carbocycles. The molecule has 0 amide bonds. The number of aryl methyl sites for hydroxylation is 3. The summed E-state index contributed by atoms with van der Waals surface area (Å²) in [5, 5.41) is 9.02. The Morgan fingerprint density at radius 1 is 1.42 bits per heavy atom. The maximum Gasteiger partial charge on any atom is 0.0900 e. The molecule has 0 aliphatic rings. The van der Waals surface area contributed by atoms with Crippen LogP contribution in [0, 0.1) is 13.8 Å². The highest BCUT2D eigenvalue weighted by atomic mass is 32.1. The van der Waals surface area contributed by atoms with Crippen molar-refractivity contribution in [3.63, 3.8) is 0 Å². The Hall–Kier alpha value is -1.20. The number of rotatable bonds is 6. The molecular formula is C14H22N4S. The number of aromatic nitrogens is 3. The van der Waals surface area contributed by atoms with Crippen LogP contribution in [0.25, 0.3) is 0 Å². The Bertz CT molecular complexity index is 529. The summed E-state index contributed by atoms with van der Waals surface area (Å²) in [6, 6.07) is 0.343. The van der Waals surface area contributed by atoms with E-state index >= 15 is 0 Å². The monoisotopic (exact) mass is 278 g/mol. The van der Waals surface area contributed by atoms with Crippen LogP contribution < -0.4 is 5.32 Å². The van der Waals surface area contributed by atoms with Crippen LogP contribution in [0.15, 0.2) is 12.4 Å². The number of nitrogens with one attached hydrogen (secondary N) is 1. The van der Waals surface area contributed by atoms with Crippen LogP contribution >= 0.6 is 11.3 Å². The molecule has 2 aromatic heterocycles. The van der Waals surface area contributed by atoms with Gasteiger partial charge in [-0.25, -0.2) is 4.98 Å². The van der Waals surface area contributed by atoms with Crippen molar-refractivity contribution in [2.75, 3.05) is 6.54 Å². The minimum Gasteiger partial charge on any atom is -0.309 e. The summed E-state index contributed by atoms with van der Waals surface area (Å²) in [6.07, 6.45) is 6.14. The molecule has 1 unspecified atom stereocenters. The van der Waals surface area contributed by atoms with Crippen LogP contribution in [0.5, 0.6) is 0 Å². The summed E-state index contributed by atoms with van der Waals surface area (Å²) >= 11 is 1.80. The van der Waals surface area contributed by atoms with Gasteiger partial charge in [-0.05, 0) is 38.8 Å². The van der Waals surface area contributed by atoms with Crippen molar-refractivity contribution >= 4 is 11.3 Å². The van der Waals surface area contributed by atoms with Crippen LogP contribution in [0.4, 0.5) is 0 Å². The second-order valence-electron chi connectivity index (χ2n) is 4.92. The maximum atomic E-state index is 4.54. The first-order chi connectivity index (χ1) is 9.10. The standard InChI is InChI=1S/C14H22N4S/c1-5-6-15-13(7-12-8-16-18(4)9-12)14-10(2)17-11(3)19-14/h8-9,13,15H,5-7H2,1-4H3. The molecule has 0 spiro atoms. The van der Waals surface area contributed by atoms with Crippen molar-refractivity contribution in [2.24, 2.45) is 7.05 Å². The first-order valence-corrected chi connectivity index (χ1v) is 7.56. The highest BCUT2D eigenvalue weighted by Crippen LogP contribution is 2.27. The molecule has 1 atom stereocenters. The summed E-state index contributed by atoms with van der Waals surface area (Å²) in [5.41, 5.74) is 2.42. The van der Waals surface area contributed by atoms with E-state index in [4.69, 9.17) is 0 Å². The fraction of sp³-hybridized carbons (Fsp3) is 0.571. The number of nitrogens with zero attached hydrogens (tertiary/aromatic N) is 3. The lowest BCUT2D eigenvalue weighted by molar-refractivity contribution is 0.533. The molecule has 2 aromatic rings. The smallest absolute Gasteiger partial charge is 0.0900 e. The van der Waals surface area contributed by atoms with Gasteiger partial charge in [0.05, 0.1) is 16.9 Å². The molecule has 19 heavy (non-hydrogen) atoms. The van der Waals surface area contributed by atoms with E-state index in [0.29, 0.717) is 6.04 Å². The van der Waals surface area contributed by atoms with Crippen molar-refractivity contribution in [3.8, 4) is 0 Å². The predicted molar refractivity (Wildman–Crippen MR) is 79.5 cm³/mol. The van der Waals surface area contributed by atoms with Crippen molar-refractivity contribution < 1.29 is 0 Å². The molecular weight excluding hydrogens is 256 g/mol. The molecule has 0 fully saturated rings. The lowest BCUT2D eigenvalue weighted by atomic mass is 10.1. The minimum atomic E-state index is 0.343. The number of thiazole rings is 1. The first-order valence-electron chi connectivity index (χ1n) is 6.75. The normalized spacial score (nSPS) is 12.8. The SMILES string of the molecule is CCCNC(Cc1cnn(C)c1)c1sc(C)nc1C. The Labute approximate surface area is 118 Å². The fourth-order valence-electron chi connectivity index (χ4n) is 2.26. The third kappa shape index (κ3) is 3.64. The van der Waals surface area contributed by atoms with Gasteiger partial charge in [-0.1, -0.05) is 6.92 Å². The molecule has 0 aliphatic carbocycles. The van der Waals surface area contributed by atoms with E-state index in [-0.39, 0.29) is 0 Å². The average Bonchev–Trinajstić information content (AvgIpc) is 2.91. The molecule has 0 radical (unpaired) electrons. The average molecular weight is 278 g/mol. The summed E-state index contributed by atoms with van der Waals surface area (Å²) in [6.45, 7) is 7.39. The second kappa shape index (κ2) is 6.30. The van der Waals surface area contributed by atoms with Gasteiger partial charge >= 0.3 is 0 Å². The van der Waals surface area contributed by atoms with Gasteiger partial charge in [-0.2, -0.15) is 5.10 Å². The minimum absolute atomic E-state index is 0.343. The second-order valence-corrected chi connectivity index (χ2v) is 6.15. The number of hydrogen-bond acceptors (Lipinski definition) is 4. The molecule has 0 saturated heterocycles. The lowest BCUT2D eigenvalue weighted by Gasteiger charge is -2.17. The molecule has 2 rings (SSSR count). The van der Waals surface area contributed by atoms with Gasteiger partial charge in [-0.15, -0.1) is 11.3 Å². The van der Waals surface area contributed by atoms with E-state index in [1.54, 1.807) is 11.3 Å². The third-order valence-electron chi connectivity index (χ3n) is 3.09. The van der Waals surface area contributed by atoms with Gasteiger partial charge in [0.15, 0.2) is 0 Å². The van der Waals surface area contributed by atoms with E-state index < -0.39 is 0 Å². The van der Waals surface area contributed by atoms with Crippen LogP contribution in [-0.2, 0) is 13.5 Å². The van der Waals surface area contributed by atoms with E-state index in [2.05, 4.69) is 42.4 Å². The van der Waals surface area contributed by atoms with E-state index in [9.17, 15) is 0 Å². The largest absolute Gasteiger partial charge is 0.309 e. The van der Waals surface area contributed by atoms with Crippen molar-refractivity contribution in [1.82, 2.24) is 20.1 Å². The molecule has 2 heterocycles. The molecule has 0 aliphatic heterocycles. The van der Waals surface area contributed by atoms with Gasteiger partial charge in [0.25, 0.3) is 0 Å². The van der Waals surface area contributed by atoms with E-state index in [0.717, 1.165) is 30.1 Å².